The Labute approximate surface area is 84.8 Å². The van der Waals surface area contributed by atoms with Gasteiger partial charge in [-0.3, -0.25) is 4.79 Å². The lowest BCUT2D eigenvalue weighted by Gasteiger charge is -2.03. The van der Waals surface area contributed by atoms with Crippen molar-refractivity contribution < 1.29 is 14.3 Å². The highest BCUT2D eigenvalue weighted by Crippen LogP contribution is 2.00. The number of nitriles is 1. The van der Waals surface area contributed by atoms with E-state index < -0.39 is 0 Å². The number of rotatable bonds is 8. The van der Waals surface area contributed by atoms with Crippen molar-refractivity contribution in [2.75, 3.05) is 19.8 Å². The van der Waals surface area contributed by atoms with Gasteiger partial charge >= 0.3 is 5.97 Å². The van der Waals surface area contributed by atoms with Gasteiger partial charge in [-0.25, -0.2) is 0 Å². The highest BCUT2D eigenvalue weighted by Gasteiger charge is 2.01. The van der Waals surface area contributed by atoms with Crippen molar-refractivity contribution in [3.05, 3.63) is 0 Å². The van der Waals surface area contributed by atoms with Crippen LogP contribution < -0.4 is 0 Å². The third-order valence-corrected chi connectivity index (χ3v) is 1.61. The molecule has 0 aliphatic rings. The molecule has 4 nitrogen and oxygen atoms in total. The van der Waals surface area contributed by atoms with Gasteiger partial charge in [-0.2, -0.15) is 5.26 Å². The van der Waals surface area contributed by atoms with Crippen LogP contribution in [-0.2, 0) is 14.3 Å². The Morgan fingerprint density at radius 1 is 1.36 bits per heavy atom. The number of carbonyl (C=O) groups excluding carboxylic acids is 1. The Morgan fingerprint density at radius 2 is 2.14 bits per heavy atom. The summed E-state index contributed by atoms with van der Waals surface area (Å²) in [6, 6.07) is 2.03. The van der Waals surface area contributed by atoms with Gasteiger partial charge in [0.1, 0.15) is 6.61 Å². The van der Waals surface area contributed by atoms with Gasteiger partial charge in [-0.05, 0) is 19.8 Å². The maximum atomic E-state index is 11.0. The molecule has 0 N–H and O–H groups in total. The molecular weight excluding hydrogens is 182 g/mol. The molecule has 0 aromatic carbocycles. The van der Waals surface area contributed by atoms with E-state index in [1.54, 1.807) is 0 Å². The molecule has 0 rings (SSSR count). The molecule has 0 aromatic rings. The van der Waals surface area contributed by atoms with Crippen LogP contribution in [-0.4, -0.2) is 25.8 Å². The van der Waals surface area contributed by atoms with Crippen LogP contribution in [0, 0.1) is 11.3 Å². The van der Waals surface area contributed by atoms with Gasteiger partial charge < -0.3 is 9.47 Å². The number of hydrogen-bond donors (Lipinski definition) is 0. The molecule has 0 spiro atoms. The molecule has 0 aromatic heterocycles. The summed E-state index contributed by atoms with van der Waals surface area (Å²) in [5.74, 6) is -0.206. The van der Waals surface area contributed by atoms with Gasteiger partial charge in [0.15, 0.2) is 0 Å². The lowest BCUT2D eigenvalue weighted by atomic mass is 10.2. The maximum absolute atomic E-state index is 11.0. The van der Waals surface area contributed by atoms with Gasteiger partial charge in [0, 0.05) is 19.4 Å². The number of unbranched alkanes of at least 4 members (excludes halogenated alkanes) is 2. The highest BCUT2D eigenvalue weighted by molar-refractivity contribution is 5.69. The van der Waals surface area contributed by atoms with E-state index in [-0.39, 0.29) is 5.97 Å². The zero-order chi connectivity index (χ0) is 10.6. The SMILES string of the molecule is CCOCCOC(=O)CCCCC#N. The largest absolute Gasteiger partial charge is 0.463 e. The van der Waals surface area contributed by atoms with Crippen LogP contribution in [0.2, 0.25) is 0 Å². The summed E-state index contributed by atoms with van der Waals surface area (Å²) in [5, 5.41) is 8.25. The first-order valence-electron chi connectivity index (χ1n) is 4.91. The fourth-order valence-corrected chi connectivity index (χ4v) is 0.904. The van der Waals surface area contributed by atoms with Crippen molar-refractivity contribution in [2.45, 2.75) is 32.6 Å². The summed E-state index contributed by atoms with van der Waals surface area (Å²) in [5.41, 5.74) is 0. The second kappa shape index (κ2) is 10.0. The summed E-state index contributed by atoms with van der Waals surface area (Å²) in [4.78, 5) is 11.0. The molecule has 0 bridgehead atoms. The van der Waals surface area contributed by atoms with E-state index in [2.05, 4.69) is 0 Å². The number of ether oxygens (including phenoxy) is 2. The lowest BCUT2D eigenvalue weighted by Crippen LogP contribution is -2.10. The molecule has 0 aliphatic carbocycles. The van der Waals surface area contributed by atoms with E-state index >= 15 is 0 Å². The van der Waals surface area contributed by atoms with Crippen LogP contribution in [0.25, 0.3) is 0 Å². The normalized spacial score (nSPS) is 9.43. The molecule has 0 saturated heterocycles. The van der Waals surface area contributed by atoms with Crippen LogP contribution in [0.4, 0.5) is 0 Å². The Hall–Kier alpha value is -1.08. The van der Waals surface area contributed by atoms with Crippen molar-refractivity contribution in [1.29, 1.82) is 5.26 Å². The third kappa shape index (κ3) is 9.01. The molecule has 0 aliphatic heterocycles. The lowest BCUT2D eigenvalue weighted by molar-refractivity contribution is -0.145. The quantitative estimate of drug-likeness (QED) is 0.440. The monoisotopic (exact) mass is 199 g/mol. The minimum Gasteiger partial charge on any atom is -0.463 e. The van der Waals surface area contributed by atoms with E-state index in [0.29, 0.717) is 32.7 Å². The summed E-state index contributed by atoms with van der Waals surface area (Å²) < 4.78 is 9.88. The van der Waals surface area contributed by atoms with Crippen LogP contribution in [0.3, 0.4) is 0 Å². The smallest absolute Gasteiger partial charge is 0.305 e. The van der Waals surface area contributed by atoms with E-state index in [1.807, 2.05) is 13.0 Å². The van der Waals surface area contributed by atoms with Gasteiger partial charge in [0.25, 0.3) is 0 Å². The Morgan fingerprint density at radius 3 is 2.79 bits per heavy atom. The minimum absolute atomic E-state index is 0.206. The topological polar surface area (TPSA) is 59.3 Å². The second-order valence-corrected chi connectivity index (χ2v) is 2.78. The minimum atomic E-state index is -0.206. The van der Waals surface area contributed by atoms with Gasteiger partial charge in [0.05, 0.1) is 12.7 Å². The molecular formula is C10H17NO3. The zero-order valence-electron chi connectivity index (χ0n) is 8.62. The van der Waals surface area contributed by atoms with E-state index in [0.717, 1.165) is 12.8 Å². The molecule has 0 saturated carbocycles. The second-order valence-electron chi connectivity index (χ2n) is 2.78. The molecule has 0 unspecified atom stereocenters. The third-order valence-electron chi connectivity index (χ3n) is 1.61. The molecule has 0 amide bonds. The number of hydrogen-bond acceptors (Lipinski definition) is 4. The molecule has 14 heavy (non-hydrogen) atoms. The Bertz CT molecular complexity index is 186. The molecule has 80 valence electrons. The molecule has 0 radical (unpaired) electrons. The van der Waals surface area contributed by atoms with Crippen molar-refractivity contribution in [2.24, 2.45) is 0 Å². The predicted molar refractivity (Wildman–Crippen MR) is 51.5 cm³/mol. The first-order chi connectivity index (χ1) is 6.81. The van der Waals surface area contributed by atoms with E-state index in [1.165, 1.54) is 0 Å². The molecule has 0 heterocycles. The van der Waals surface area contributed by atoms with Crippen LogP contribution in [0.5, 0.6) is 0 Å². The van der Waals surface area contributed by atoms with Gasteiger partial charge in [-0.1, -0.05) is 0 Å². The predicted octanol–water partition coefficient (Wildman–Crippen LogP) is 1.65. The number of esters is 1. The Kier molecular flexibility index (Phi) is 9.23. The first kappa shape index (κ1) is 12.9. The zero-order valence-corrected chi connectivity index (χ0v) is 8.62. The summed E-state index contributed by atoms with van der Waals surface area (Å²) in [6.07, 6.45) is 2.39. The maximum Gasteiger partial charge on any atom is 0.305 e. The van der Waals surface area contributed by atoms with Crippen molar-refractivity contribution in [1.82, 2.24) is 0 Å². The Balaban J connectivity index is 3.16. The molecule has 4 heteroatoms. The number of nitrogens with zero attached hydrogens (tertiary/aromatic N) is 1. The highest BCUT2D eigenvalue weighted by atomic mass is 16.6. The first-order valence-corrected chi connectivity index (χ1v) is 4.91. The molecule has 0 atom stereocenters. The van der Waals surface area contributed by atoms with Gasteiger partial charge in [0.2, 0.25) is 0 Å². The molecule has 0 fully saturated rings. The fraction of sp³-hybridized carbons (Fsp3) is 0.800. The fourth-order valence-electron chi connectivity index (χ4n) is 0.904. The average molecular weight is 199 g/mol. The van der Waals surface area contributed by atoms with Crippen LogP contribution in [0.15, 0.2) is 0 Å². The summed E-state index contributed by atoms with van der Waals surface area (Å²) in [7, 11) is 0. The van der Waals surface area contributed by atoms with Crippen molar-refractivity contribution in [3.63, 3.8) is 0 Å². The van der Waals surface area contributed by atoms with Crippen molar-refractivity contribution >= 4 is 5.97 Å². The summed E-state index contributed by atoms with van der Waals surface area (Å²) in [6.45, 7) is 3.31. The standard InChI is InChI=1S/C10H17NO3/c1-2-13-8-9-14-10(12)6-4-3-5-7-11/h2-6,8-9H2,1H3. The number of carbonyl (C=O) groups is 1. The average Bonchev–Trinajstić information content (AvgIpc) is 2.19. The van der Waals surface area contributed by atoms with Crippen LogP contribution >= 0.6 is 0 Å². The van der Waals surface area contributed by atoms with E-state index in [9.17, 15) is 4.79 Å². The van der Waals surface area contributed by atoms with Gasteiger partial charge in [-0.15, -0.1) is 0 Å². The van der Waals surface area contributed by atoms with Crippen LogP contribution in [0.1, 0.15) is 32.6 Å². The summed E-state index contributed by atoms with van der Waals surface area (Å²) >= 11 is 0. The van der Waals surface area contributed by atoms with E-state index in [4.69, 9.17) is 14.7 Å². The van der Waals surface area contributed by atoms with Crippen molar-refractivity contribution in [3.8, 4) is 6.07 Å².